The molecule has 0 radical (unpaired) electrons. The molecule has 0 aromatic heterocycles. The molecule has 1 aliphatic heterocycles. The number of nitrogens with one attached hydrogen (secondary N) is 1. The van der Waals surface area contributed by atoms with E-state index in [4.69, 9.17) is 0 Å². The lowest BCUT2D eigenvalue weighted by Gasteiger charge is -2.19. The summed E-state index contributed by atoms with van der Waals surface area (Å²) in [7, 11) is 0. The number of carbonyl (C=O) groups excluding carboxylic acids is 1. The Hall–Kier alpha value is -1.95. The van der Waals surface area contributed by atoms with Gasteiger partial charge >= 0.3 is 0 Å². The molecule has 0 atom stereocenters. The first-order valence-corrected chi connectivity index (χ1v) is 6.34. The van der Waals surface area contributed by atoms with E-state index in [9.17, 15) is 14.9 Å². The summed E-state index contributed by atoms with van der Waals surface area (Å²) >= 11 is 0. The highest BCUT2D eigenvalue weighted by Gasteiger charge is 2.20. The molecule has 2 rings (SSSR count). The van der Waals surface area contributed by atoms with Crippen LogP contribution in [0.4, 0.5) is 5.69 Å². The van der Waals surface area contributed by atoms with Gasteiger partial charge in [-0.3, -0.25) is 14.9 Å². The van der Waals surface area contributed by atoms with Crippen molar-refractivity contribution in [1.29, 1.82) is 0 Å². The molecule has 0 aliphatic carbocycles. The van der Waals surface area contributed by atoms with Gasteiger partial charge in [0, 0.05) is 36.8 Å². The summed E-state index contributed by atoms with van der Waals surface area (Å²) in [6.45, 7) is 4.66. The van der Waals surface area contributed by atoms with Gasteiger partial charge in [0.1, 0.15) is 0 Å². The van der Waals surface area contributed by atoms with Crippen LogP contribution in [0.1, 0.15) is 22.3 Å². The summed E-state index contributed by atoms with van der Waals surface area (Å²) in [5.74, 6) is -0.133. The number of rotatable bonds is 2. The van der Waals surface area contributed by atoms with Crippen molar-refractivity contribution in [2.75, 3.05) is 26.2 Å². The zero-order valence-corrected chi connectivity index (χ0v) is 10.9. The molecule has 1 aliphatic rings. The maximum absolute atomic E-state index is 12.3. The average molecular weight is 263 g/mol. The average Bonchev–Trinajstić information content (AvgIpc) is 2.67. The van der Waals surface area contributed by atoms with Gasteiger partial charge in [-0.15, -0.1) is 0 Å². The van der Waals surface area contributed by atoms with Gasteiger partial charge in [-0.1, -0.05) is 6.07 Å². The van der Waals surface area contributed by atoms with Gasteiger partial charge in [0.2, 0.25) is 0 Å². The summed E-state index contributed by atoms with van der Waals surface area (Å²) in [5, 5.41) is 14.1. The molecule has 1 aromatic rings. The standard InChI is InChI=1S/C13H17N3O3/c1-10-3-4-11(9-12(10)16(18)19)13(17)15-7-2-5-14-6-8-15/h3-4,9,14H,2,5-8H2,1H3. The minimum Gasteiger partial charge on any atom is -0.337 e. The highest BCUT2D eigenvalue weighted by atomic mass is 16.6. The zero-order valence-electron chi connectivity index (χ0n) is 10.9. The molecule has 1 aromatic carbocycles. The first-order valence-electron chi connectivity index (χ1n) is 6.34. The van der Waals surface area contributed by atoms with Crippen LogP contribution >= 0.6 is 0 Å². The smallest absolute Gasteiger partial charge is 0.273 e. The summed E-state index contributed by atoms with van der Waals surface area (Å²) in [6, 6.07) is 4.65. The Morgan fingerprint density at radius 2 is 2.16 bits per heavy atom. The van der Waals surface area contributed by atoms with Crippen molar-refractivity contribution < 1.29 is 9.72 Å². The topological polar surface area (TPSA) is 75.5 Å². The Labute approximate surface area is 111 Å². The van der Waals surface area contributed by atoms with Crippen molar-refractivity contribution in [3.63, 3.8) is 0 Å². The molecule has 102 valence electrons. The van der Waals surface area contributed by atoms with Crippen molar-refractivity contribution in [3.05, 3.63) is 39.4 Å². The number of nitro groups is 1. The van der Waals surface area contributed by atoms with E-state index in [0.29, 0.717) is 24.2 Å². The third kappa shape index (κ3) is 3.08. The predicted octanol–water partition coefficient (Wildman–Crippen LogP) is 1.34. The van der Waals surface area contributed by atoms with Gasteiger partial charge in [-0.2, -0.15) is 0 Å². The summed E-state index contributed by atoms with van der Waals surface area (Å²) < 4.78 is 0. The number of hydrogen-bond donors (Lipinski definition) is 1. The van der Waals surface area contributed by atoms with Crippen molar-refractivity contribution in [2.24, 2.45) is 0 Å². The molecule has 0 spiro atoms. The molecule has 1 N–H and O–H groups in total. The van der Waals surface area contributed by atoms with E-state index in [2.05, 4.69) is 5.32 Å². The summed E-state index contributed by atoms with van der Waals surface area (Å²) in [6.07, 6.45) is 0.902. The quantitative estimate of drug-likeness (QED) is 0.645. The fraction of sp³-hybridized carbons (Fsp3) is 0.462. The lowest BCUT2D eigenvalue weighted by molar-refractivity contribution is -0.385. The molecule has 0 saturated carbocycles. The largest absolute Gasteiger partial charge is 0.337 e. The second-order valence-corrected chi connectivity index (χ2v) is 4.65. The van der Waals surface area contributed by atoms with Gasteiger partial charge in [-0.25, -0.2) is 0 Å². The Bertz CT molecular complexity index is 494. The molecule has 1 heterocycles. The Balaban J connectivity index is 2.23. The van der Waals surface area contributed by atoms with Gasteiger partial charge in [0.05, 0.1) is 4.92 Å². The van der Waals surface area contributed by atoms with Crippen LogP contribution in [0.2, 0.25) is 0 Å². The molecule has 1 amide bonds. The molecule has 1 fully saturated rings. The van der Waals surface area contributed by atoms with Crippen LogP contribution in [0.25, 0.3) is 0 Å². The Morgan fingerprint density at radius 3 is 2.89 bits per heavy atom. The number of nitrogens with zero attached hydrogens (tertiary/aromatic N) is 2. The second kappa shape index (κ2) is 5.79. The predicted molar refractivity (Wildman–Crippen MR) is 71.2 cm³/mol. The SMILES string of the molecule is Cc1ccc(C(=O)N2CCCNCC2)cc1[N+](=O)[O-]. The number of carbonyl (C=O) groups is 1. The monoisotopic (exact) mass is 263 g/mol. The molecular formula is C13H17N3O3. The molecule has 6 heteroatoms. The normalized spacial score (nSPS) is 15.9. The Kier molecular flexibility index (Phi) is 4.11. The fourth-order valence-electron chi connectivity index (χ4n) is 2.17. The molecule has 0 bridgehead atoms. The number of amides is 1. The van der Waals surface area contributed by atoms with E-state index in [1.165, 1.54) is 6.07 Å². The third-order valence-corrected chi connectivity index (χ3v) is 3.28. The highest BCUT2D eigenvalue weighted by molar-refractivity contribution is 5.95. The lowest BCUT2D eigenvalue weighted by Crippen LogP contribution is -2.34. The van der Waals surface area contributed by atoms with E-state index in [1.807, 2.05) is 0 Å². The molecular weight excluding hydrogens is 246 g/mol. The van der Waals surface area contributed by atoms with Crippen molar-refractivity contribution in [1.82, 2.24) is 10.2 Å². The Morgan fingerprint density at radius 1 is 1.37 bits per heavy atom. The van der Waals surface area contributed by atoms with Gasteiger partial charge in [0.25, 0.3) is 11.6 Å². The van der Waals surface area contributed by atoms with Crippen LogP contribution in [0, 0.1) is 17.0 Å². The van der Waals surface area contributed by atoms with Crippen LogP contribution in [0.15, 0.2) is 18.2 Å². The van der Waals surface area contributed by atoms with Gasteiger partial charge < -0.3 is 10.2 Å². The molecule has 1 saturated heterocycles. The van der Waals surface area contributed by atoms with Crippen molar-refractivity contribution in [2.45, 2.75) is 13.3 Å². The molecule has 0 unspecified atom stereocenters. The zero-order chi connectivity index (χ0) is 13.8. The van der Waals surface area contributed by atoms with Crippen LogP contribution in [-0.2, 0) is 0 Å². The first kappa shape index (κ1) is 13.5. The minimum atomic E-state index is -0.448. The van der Waals surface area contributed by atoms with Crippen molar-refractivity contribution >= 4 is 11.6 Å². The van der Waals surface area contributed by atoms with Crippen LogP contribution < -0.4 is 5.32 Å². The number of hydrogen-bond acceptors (Lipinski definition) is 4. The lowest BCUT2D eigenvalue weighted by atomic mass is 10.1. The van der Waals surface area contributed by atoms with Gasteiger partial charge in [-0.05, 0) is 26.0 Å². The third-order valence-electron chi connectivity index (χ3n) is 3.28. The van der Waals surface area contributed by atoms with E-state index in [0.717, 1.165) is 19.5 Å². The van der Waals surface area contributed by atoms with Crippen LogP contribution in [-0.4, -0.2) is 41.9 Å². The van der Waals surface area contributed by atoms with Crippen molar-refractivity contribution in [3.8, 4) is 0 Å². The summed E-state index contributed by atoms with van der Waals surface area (Å²) in [5.41, 5.74) is 0.956. The summed E-state index contributed by atoms with van der Waals surface area (Å²) in [4.78, 5) is 24.5. The first-order chi connectivity index (χ1) is 9.09. The van der Waals surface area contributed by atoms with E-state index >= 15 is 0 Å². The van der Waals surface area contributed by atoms with Crippen LogP contribution in [0.5, 0.6) is 0 Å². The molecule has 19 heavy (non-hydrogen) atoms. The van der Waals surface area contributed by atoms with Gasteiger partial charge in [0.15, 0.2) is 0 Å². The number of aryl methyl sites for hydroxylation is 1. The maximum Gasteiger partial charge on any atom is 0.273 e. The number of benzene rings is 1. The second-order valence-electron chi connectivity index (χ2n) is 4.65. The van der Waals surface area contributed by atoms with E-state index in [1.54, 1.807) is 24.0 Å². The van der Waals surface area contributed by atoms with E-state index < -0.39 is 4.92 Å². The molecule has 6 nitrogen and oxygen atoms in total. The maximum atomic E-state index is 12.3. The van der Waals surface area contributed by atoms with Crippen LogP contribution in [0.3, 0.4) is 0 Å². The number of nitro benzene ring substituents is 1. The highest BCUT2D eigenvalue weighted by Crippen LogP contribution is 2.20. The fourth-order valence-corrected chi connectivity index (χ4v) is 2.17. The minimum absolute atomic E-state index is 0.00111. The van der Waals surface area contributed by atoms with E-state index in [-0.39, 0.29) is 11.6 Å².